The highest BCUT2D eigenvalue weighted by molar-refractivity contribution is 9.10. The normalized spacial score (nSPS) is 17.1. The van der Waals surface area contributed by atoms with Gasteiger partial charge in [-0.3, -0.25) is 4.79 Å². The van der Waals surface area contributed by atoms with Crippen molar-refractivity contribution < 1.29 is 9.53 Å². The zero-order valence-corrected chi connectivity index (χ0v) is 16.6. The van der Waals surface area contributed by atoms with E-state index in [2.05, 4.69) is 36.3 Å². The third-order valence-corrected chi connectivity index (χ3v) is 5.47. The minimum absolute atomic E-state index is 0.0371. The first kappa shape index (κ1) is 17.9. The van der Waals surface area contributed by atoms with E-state index in [-0.39, 0.29) is 11.9 Å². The summed E-state index contributed by atoms with van der Waals surface area (Å²) in [6.07, 6.45) is 2.14. The van der Waals surface area contributed by atoms with E-state index >= 15 is 0 Å². The van der Waals surface area contributed by atoms with Gasteiger partial charge in [0.25, 0.3) is 5.78 Å². The zero-order valence-electron chi connectivity index (χ0n) is 15.0. The number of nitrogens with one attached hydrogen (secondary N) is 1. The number of aromatic nitrogens is 4. The van der Waals surface area contributed by atoms with Crippen LogP contribution in [0, 0.1) is 6.92 Å². The zero-order chi connectivity index (χ0) is 19.0. The van der Waals surface area contributed by atoms with E-state index in [9.17, 15) is 4.79 Å². The molecule has 140 valence electrons. The number of anilines is 2. The van der Waals surface area contributed by atoms with Crippen LogP contribution in [0.15, 0.2) is 35.1 Å². The van der Waals surface area contributed by atoms with Crippen LogP contribution in [0.3, 0.4) is 0 Å². The molecule has 9 heteroatoms. The molecule has 1 aliphatic heterocycles. The number of amides is 1. The Kier molecular flexibility index (Phi) is 4.79. The van der Waals surface area contributed by atoms with Gasteiger partial charge in [0.15, 0.2) is 0 Å². The number of benzene rings is 1. The Hall–Kier alpha value is -2.52. The lowest BCUT2D eigenvalue weighted by Crippen LogP contribution is -2.34. The van der Waals surface area contributed by atoms with E-state index in [0.29, 0.717) is 31.2 Å². The number of fused-ring (bicyclic) bond motifs is 1. The standard InChI is InChI=1S/C18H19BrN6O2/c1-11-7-13(3-4-14(11)19)24-6-5-15(17(24)26)23-16-8-12(9-27-2)22-18-20-10-21-25(16)18/h3-4,7-8,10,15,23H,5-6,9H2,1-2H3. The van der Waals surface area contributed by atoms with Crippen molar-refractivity contribution in [3.63, 3.8) is 0 Å². The molecular weight excluding hydrogens is 412 g/mol. The van der Waals surface area contributed by atoms with Gasteiger partial charge >= 0.3 is 0 Å². The highest BCUT2D eigenvalue weighted by Crippen LogP contribution is 2.27. The Labute approximate surface area is 164 Å². The fourth-order valence-electron chi connectivity index (χ4n) is 3.23. The van der Waals surface area contributed by atoms with E-state index in [1.54, 1.807) is 11.6 Å². The summed E-state index contributed by atoms with van der Waals surface area (Å²) in [5, 5.41) is 7.50. The molecule has 27 heavy (non-hydrogen) atoms. The number of nitrogens with zero attached hydrogens (tertiary/aromatic N) is 5. The second-order valence-corrected chi connectivity index (χ2v) is 7.30. The maximum Gasteiger partial charge on any atom is 0.254 e. The number of halogens is 1. The smallest absolute Gasteiger partial charge is 0.254 e. The molecule has 1 aliphatic rings. The van der Waals surface area contributed by atoms with Crippen LogP contribution in [0.2, 0.25) is 0 Å². The summed E-state index contributed by atoms with van der Waals surface area (Å²) in [6, 6.07) is 7.45. The Morgan fingerprint density at radius 1 is 1.37 bits per heavy atom. The number of aryl methyl sites for hydroxylation is 1. The molecule has 1 amide bonds. The number of hydrogen-bond acceptors (Lipinski definition) is 6. The van der Waals surface area contributed by atoms with Crippen molar-refractivity contribution in [2.45, 2.75) is 26.0 Å². The average Bonchev–Trinajstić information content (AvgIpc) is 3.25. The lowest BCUT2D eigenvalue weighted by Gasteiger charge is -2.19. The van der Waals surface area contributed by atoms with Crippen molar-refractivity contribution in [1.29, 1.82) is 0 Å². The first-order chi connectivity index (χ1) is 13.1. The highest BCUT2D eigenvalue weighted by Gasteiger charge is 2.33. The predicted molar refractivity (Wildman–Crippen MR) is 105 cm³/mol. The molecular formula is C18H19BrN6O2. The fourth-order valence-corrected chi connectivity index (χ4v) is 3.48. The Morgan fingerprint density at radius 2 is 2.22 bits per heavy atom. The molecule has 8 nitrogen and oxygen atoms in total. The summed E-state index contributed by atoms with van der Waals surface area (Å²) >= 11 is 3.50. The molecule has 3 aromatic rings. The molecule has 0 radical (unpaired) electrons. The second kappa shape index (κ2) is 7.24. The summed E-state index contributed by atoms with van der Waals surface area (Å²) in [7, 11) is 1.61. The predicted octanol–water partition coefficient (Wildman–Crippen LogP) is 2.56. The average molecular weight is 431 g/mol. The molecule has 1 saturated heterocycles. The number of hydrogen-bond donors (Lipinski definition) is 1. The van der Waals surface area contributed by atoms with Crippen LogP contribution in [-0.4, -0.2) is 45.2 Å². The second-order valence-electron chi connectivity index (χ2n) is 6.45. The third-order valence-electron chi connectivity index (χ3n) is 4.58. The van der Waals surface area contributed by atoms with Crippen molar-refractivity contribution >= 4 is 39.1 Å². The van der Waals surface area contributed by atoms with Crippen LogP contribution in [-0.2, 0) is 16.1 Å². The first-order valence-corrected chi connectivity index (χ1v) is 9.39. The van der Waals surface area contributed by atoms with E-state index in [4.69, 9.17) is 4.74 Å². The number of ether oxygens (including phenoxy) is 1. The molecule has 0 saturated carbocycles. The first-order valence-electron chi connectivity index (χ1n) is 8.59. The lowest BCUT2D eigenvalue weighted by molar-refractivity contribution is -0.117. The summed E-state index contributed by atoms with van der Waals surface area (Å²) in [6.45, 7) is 3.04. The van der Waals surface area contributed by atoms with Crippen molar-refractivity contribution in [2.75, 3.05) is 23.9 Å². The summed E-state index contributed by atoms with van der Waals surface area (Å²) in [4.78, 5) is 23.3. The number of methoxy groups -OCH3 is 1. The molecule has 1 atom stereocenters. The van der Waals surface area contributed by atoms with Crippen molar-refractivity contribution in [3.8, 4) is 0 Å². The van der Waals surface area contributed by atoms with Crippen LogP contribution in [0.5, 0.6) is 0 Å². The van der Waals surface area contributed by atoms with Gasteiger partial charge in [-0.1, -0.05) is 15.9 Å². The molecule has 4 rings (SSSR count). The van der Waals surface area contributed by atoms with Crippen LogP contribution in [0.4, 0.5) is 11.5 Å². The van der Waals surface area contributed by atoms with E-state index < -0.39 is 0 Å². The maximum absolute atomic E-state index is 13.0. The largest absolute Gasteiger partial charge is 0.378 e. The van der Waals surface area contributed by atoms with Gasteiger partial charge in [-0.05, 0) is 37.1 Å². The van der Waals surface area contributed by atoms with Crippen molar-refractivity contribution in [1.82, 2.24) is 19.6 Å². The molecule has 0 spiro atoms. The number of rotatable bonds is 5. The lowest BCUT2D eigenvalue weighted by atomic mass is 10.2. The van der Waals surface area contributed by atoms with Crippen LogP contribution in [0.25, 0.3) is 5.78 Å². The number of carbonyl (C=O) groups excluding carboxylic acids is 1. The van der Waals surface area contributed by atoms with Gasteiger partial charge in [0, 0.05) is 29.9 Å². The molecule has 1 unspecified atom stereocenters. The van der Waals surface area contributed by atoms with Gasteiger partial charge in [0.2, 0.25) is 5.91 Å². The van der Waals surface area contributed by atoms with E-state index in [1.165, 1.54) is 6.33 Å². The molecule has 3 heterocycles. The highest BCUT2D eigenvalue weighted by atomic mass is 79.9. The molecule has 0 aliphatic carbocycles. The van der Waals surface area contributed by atoms with Gasteiger partial charge in [0.05, 0.1) is 12.3 Å². The van der Waals surface area contributed by atoms with Crippen LogP contribution >= 0.6 is 15.9 Å². The summed E-state index contributed by atoms with van der Waals surface area (Å²) in [5.74, 6) is 1.18. The SMILES string of the molecule is COCc1cc(NC2CCN(c3ccc(Br)c(C)c3)C2=O)n2ncnc2n1. The number of carbonyl (C=O) groups is 1. The topological polar surface area (TPSA) is 84.7 Å². The third kappa shape index (κ3) is 3.40. The molecule has 1 fully saturated rings. The van der Waals surface area contributed by atoms with Gasteiger partial charge in [0.1, 0.15) is 18.2 Å². The van der Waals surface area contributed by atoms with E-state index in [1.807, 2.05) is 36.1 Å². The molecule has 0 bridgehead atoms. The maximum atomic E-state index is 13.0. The fraction of sp³-hybridized carbons (Fsp3) is 0.333. The van der Waals surface area contributed by atoms with Gasteiger partial charge < -0.3 is 15.0 Å². The molecule has 2 aromatic heterocycles. The van der Waals surface area contributed by atoms with Gasteiger partial charge in [-0.15, -0.1) is 0 Å². The Morgan fingerprint density at radius 3 is 3.00 bits per heavy atom. The van der Waals surface area contributed by atoms with Crippen LogP contribution in [0.1, 0.15) is 17.7 Å². The Bertz CT molecular complexity index is 1000. The van der Waals surface area contributed by atoms with Gasteiger partial charge in [-0.25, -0.2) is 4.98 Å². The van der Waals surface area contributed by atoms with Crippen molar-refractivity contribution in [2.24, 2.45) is 0 Å². The quantitative estimate of drug-likeness (QED) is 0.669. The molecule has 1 aromatic carbocycles. The Balaban J connectivity index is 1.58. The summed E-state index contributed by atoms with van der Waals surface area (Å²) < 4.78 is 7.80. The minimum atomic E-state index is -0.334. The molecule has 1 N–H and O–H groups in total. The van der Waals surface area contributed by atoms with Gasteiger partial charge in [-0.2, -0.15) is 14.6 Å². The monoisotopic (exact) mass is 430 g/mol. The van der Waals surface area contributed by atoms with Crippen molar-refractivity contribution in [3.05, 3.63) is 46.3 Å². The summed E-state index contributed by atoms with van der Waals surface area (Å²) in [5.41, 5.74) is 2.73. The van der Waals surface area contributed by atoms with Crippen LogP contribution < -0.4 is 10.2 Å². The van der Waals surface area contributed by atoms with E-state index in [0.717, 1.165) is 21.4 Å². The minimum Gasteiger partial charge on any atom is -0.378 e.